The molecule has 0 aliphatic carbocycles. The average Bonchev–Trinajstić information content (AvgIpc) is 2.76. The van der Waals surface area contributed by atoms with Gasteiger partial charge in [-0.15, -0.1) is 0 Å². The van der Waals surface area contributed by atoms with E-state index in [9.17, 15) is 4.79 Å². The first-order valence-corrected chi connectivity index (χ1v) is 10.6. The minimum Gasteiger partial charge on any atom is -0.353 e. The Hall–Kier alpha value is -0.530. The zero-order valence-electron chi connectivity index (χ0n) is 15.7. The van der Waals surface area contributed by atoms with Crippen molar-refractivity contribution in [2.45, 2.75) is 129 Å². The first-order valence-electron chi connectivity index (χ1n) is 10.6. The van der Waals surface area contributed by atoms with Crippen LogP contribution in [-0.4, -0.2) is 11.9 Å². The fourth-order valence-corrected chi connectivity index (χ4v) is 3.67. The quantitative estimate of drug-likeness (QED) is 0.362. The zero-order chi connectivity index (χ0) is 16.6. The van der Waals surface area contributed by atoms with E-state index in [1.54, 1.807) is 0 Å². The molecule has 1 heterocycles. The minimum atomic E-state index is 0.280. The Morgan fingerprint density at radius 1 is 0.783 bits per heavy atom. The van der Waals surface area contributed by atoms with Gasteiger partial charge < -0.3 is 5.32 Å². The maximum Gasteiger partial charge on any atom is 0.220 e. The van der Waals surface area contributed by atoms with Crippen LogP contribution in [0.1, 0.15) is 122 Å². The molecule has 1 fully saturated rings. The van der Waals surface area contributed by atoms with Gasteiger partial charge in [-0.25, -0.2) is 0 Å². The summed E-state index contributed by atoms with van der Waals surface area (Å²) in [6.07, 6.45) is 23.8. The number of rotatable bonds is 14. The van der Waals surface area contributed by atoms with E-state index in [1.807, 2.05) is 0 Å². The number of hydrogen-bond acceptors (Lipinski definition) is 1. The van der Waals surface area contributed by atoms with Crippen LogP contribution < -0.4 is 5.32 Å². The predicted molar refractivity (Wildman–Crippen MR) is 101 cm³/mol. The summed E-state index contributed by atoms with van der Waals surface area (Å²) in [5, 5.41) is 3.18. The third-order valence-electron chi connectivity index (χ3n) is 5.23. The molecule has 1 N–H and O–H groups in total. The van der Waals surface area contributed by atoms with Gasteiger partial charge in [-0.2, -0.15) is 0 Å². The second-order valence-corrected chi connectivity index (χ2v) is 7.54. The molecule has 23 heavy (non-hydrogen) atoms. The molecule has 0 radical (unpaired) electrons. The highest BCUT2D eigenvalue weighted by molar-refractivity contribution is 5.76. The van der Waals surface area contributed by atoms with Crippen molar-refractivity contribution in [3.63, 3.8) is 0 Å². The monoisotopic (exact) mass is 323 g/mol. The van der Waals surface area contributed by atoms with Crippen LogP contribution >= 0.6 is 0 Å². The number of carbonyl (C=O) groups excluding carboxylic acids is 1. The smallest absolute Gasteiger partial charge is 0.220 e. The molecule has 0 saturated carbocycles. The molecule has 2 nitrogen and oxygen atoms in total. The van der Waals surface area contributed by atoms with Gasteiger partial charge in [-0.3, -0.25) is 4.79 Å². The van der Waals surface area contributed by atoms with Crippen LogP contribution in [0.2, 0.25) is 0 Å². The summed E-state index contributed by atoms with van der Waals surface area (Å²) in [6.45, 7) is 2.28. The Balaban J connectivity index is 1.78. The summed E-state index contributed by atoms with van der Waals surface area (Å²) in [5.41, 5.74) is 0. The third-order valence-corrected chi connectivity index (χ3v) is 5.23. The minimum absolute atomic E-state index is 0.280. The summed E-state index contributed by atoms with van der Waals surface area (Å²) in [6, 6.07) is 0.470. The van der Waals surface area contributed by atoms with Crippen LogP contribution in [0, 0.1) is 0 Å². The van der Waals surface area contributed by atoms with Gasteiger partial charge in [0.05, 0.1) is 0 Å². The molecule has 0 aromatic rings. The molecule has 0 aromatic heterocycles. The van der Waals surface area contributed by atoms with Gasteiger partial charge in [0.1, 0.15) is 0 Å². The van der Waals surface area contributed by atoms with E-state index in [2.05, 4.69) is 12.2 Å². The fourth-order valence-electron chi connectivity index (χ4n) is 3.67. The molecule has 136 valence electrons. The van der Waals surface area contributed by atoms with Gasteiger partial charge >= 0.3 is 0 Å². The van der Waals surface area contributed by atoms with Gasteiger partial charge in [-0.05, 0) is 19.3 Å². The van der Waals surface area contributed by atoms with E-state index in [0.717, 1.165) is 12.8 Å². The summed E-state index contributed by atoms with van der Waals surface area (Å²) < 4.78 is 0. The molecule has 0 aromatic carbocycles. The highest BCUT2D eigenvalue weighted by atomic mass is 16.1. The van der Waals surface area contributed by atoms with E-state index in [-0.39, 0.29) is 5.91 Å². The first kappa shape index (κ1) is 20.5. The Labute approximate surface area is 145 Å². The van der Waals surface area contributed by atoms with Crippen molar-refractivity contribution in [3.05, 3.63) is 0 Å². The Kier molecular flexibility index (Phi) is 13.4. The van der Waals surface area contributed by atoms with Gasteiger partial charge in [-0.1, -0.05) is 96.8 Å². The van der Waals surface area contributed by atoms with E-state index in [0.29, 0.717) is 6.04 Å². The van der Waals surface area contributed by atoms with Gasteiger partial charge in [0.2, 0.25) is 5.91 Å². The summed E-state index contributed by atoms with van der Waals surface area (Å²) in [5.74, 6) is 0.280. The summed E-state index contributed by atoms with van der Waals surface area (Å²) in [7, 11) is 0. The second kappa shape index (κ2) is 15.0. The molecule has 0 spiro atoms. The molecule has 2 heteroatoms. The van der Waals surface area contributed by atoms with Crippen molar-refractivity contribution in [2.24, 2.45) is 0 Å². The van der Waals surface area contributed by atoms with Crippen LogP contribution in [0.3, 0.4) is 0 Å². The number of hydrogen-bond donors (Lipinski definition) is 1. The highest BCUT2D eigenvalue weighted by Gasteiger charge is 2.15. The van der Waals surface area contributed by atoms with Crippen molar-refractivity contribution in [2.75, 3.05) is 0 Å². The molecule has 1 aliphatic rings. The molecular weight excluding hydrogens is 282 g/mol. The topological polar surface area (TPSA) is 29.1 Å². The number of unbranched alkanes of at least 4 members (excludes halogenated alkanes) is 12. The van der Waals surface area contributed by atoms with Crippen molar-refractivity contribution in [3.8, 4) is 0 Å². The van der Waals surface area contributed by atoms with Crippen molar-refractivity contribution < 1.29 is 4.79 Å². The summed E-state index contributed by atoms with van der Waals surface area (Å²) >= 11 is 0. The maximum absolute atomic E-state index is 11.5. The molecule has 0 bridgehead atoms. The average molecular weight is 324 g/mol. The number of amides is 1. The lowest BCUT2D eigenvalue weighted by atomic mass is 10.0. The first-order chi connectivity index (χ1) is 11.3. The van der Waals surface area contributed by atoms with Crippen LogP contribution in [0.4, 0.5) is 0 Å². The van der Waals surface area contributed by atoms with Crippen LogP contribution in [0.5, 0.6) is 0 Å². The van der Waals surface area contributed by atoms with Crippen molar-refractivity contribution >= 4 is 5.91 Å². The molecule has 1 atom stereocenters. The Morgan fingerprint density at radius 3 is 1.87 bits per heavy atom. The van der Waals surface area contributed by atoms with E-state index >= 15 is 0 Å². The van der Waals surface area contributed by atoms with Crippen molar-refractivity contribution in [1.82, 2.24) is 5.32 Å². The van der Waals surface area contributed by atoms with Crippen LogP contribution in [-0.2, 0) is 4.79 Å². The number of carbonyl (C=O) groups is 1. The molecule has 1 rings (SSSR count). The zero-order valence-corrected chi connectivity index (χ0v) is 15.7. The predicted octanol–water partition coefficient (Wildman–Crippen LogP) is 6.53. The fraction of sp³-hybridized carbons (Fsp3) is 0.952. The summed E-state index contributed by atoms with van der Waals surface area (Å²) in [4.78, 5) is 11.5. The van der Waals surface area contributed by atoms with Gasteiger partial charge in [0.25, 0.3) is 0 Å². The van der Waals surface area contributed by atoms with E-state index in [4.69, 9.17) is 0 Å². The van der Waals surface area contributed by atoms with Gasteiger partial charge in [0.15, 0.2) is 0 Å². The van der Waals surface area contributed by atoms with Crippen LogP contribution in [0.25, 0.3) is 0 Å². The standard InChI is InChI=1S/C21H41NO/c1-2-3-4-5-6-7-8-9-10-11-12-13-14-17-20-18-15-16-19-21(23)22-20/h20H,2-19H2,1H3,(H,22,23). The van der Waals surface area contributed by atoms with E-state index in [1.165, 1.54) is 103 Å². The Bertz CT molecular complexity index is 277. The van der Waals surface area contributed by atoms with Crippen molar-refractivity contribution in [1.29, 1.82) is 0 Å². The largest absolute Gasteiger partial charge is 0.353 e. The lowest BCUT2D eigenvalue weighted by molar-refractivity contribution is -0.121. The lowest BCUT2D eigenvalue weighted by Crippen LogP contribution is -2.32. The molecule has 1 aliphatic heterocycles. The Morgan fingerprint density at radius 2 is 1.30 bits per heavy atom. The molecule has 1 amide bonds. The maximum atomic E-state index is 11.5. The van der Waals surface area contributed by atoms with E-state index < -0.39 is 0 Å². The molecule has 1 saturated heterocycles. The second-order valence-electron chi connectivity index (χ2n) is 7.54. The number of nitrogens with one attached hydrogen (secondary N) is 1. The SMILES string of the molecule is CCCCCCCCCCCCCCCC1CCCCC(=O)N1. The normalized spacial score (nSPS) is 18.7. The third kappa shape index (κ3) is 12.5. The molecular formula is C21H41NO. The van der Waals surface area contributed by atoms with Crippen LogP contribution in [0.15, 0.2) is 0 Å². The highest BCUT2D eigenvalue weighted by Crippen LogP contribution is 2.16. The molecule has 1 unspecified atom stereocenters. The van der Waals surface area contributed by atoms with Gasteiger partial charge in [0, 0.05) is 12.5 Å². The lowest BCUT2D eigenvalue weighted by Gasteiger charge is -2.15.